The molecule has 1 saturated heterocycles. The van der Waals surface area contributed by atoms with Crippen LogP contribution < -0.4 is 9.64 Å². The molecule has 5 rings (SSSR count). The molecule has 4 nitrogen and oxygen atoms in total. The zero-order chi connectivity index (χ0) is 27.4. The Bertz CT molecular complexity index is 1410. The Morgan fingerprint density at radius 3 is 2.31 bits per heavy atom. The van der Waals surface area contributed by atoms with Crippen LogP contribution in [0.2, 0.25) is 0 Å². The maximum atomic E-state index is 13.3. The Morgan fingerprint density at radius 2 is 1.64 bits per heavy atom. The van der Waals surface area contributed by atoms with Gasteiger partial charge >= 0.3 is 0 Å². The van der Waals surface area contributed by atoms with Gasteiger partial charge in [-0.25, -0.2) is 4.39 Å². The lowest BCUT2D eigenvalue weighted by Crippen LogP contribution is -2.28. The molecule has 1 fully saturated rings. The van der Waals surface area contributed by atoms with Gasteiger partial charge in [0.2, 0.25) is 0 Å². The normalized spacial score (nSPS) is 17.8. The first-order chi connectivity index (χ1) is 18.9. The van der Waals surface area contributed by atoms with Gasteiger partial charge in [-0.1, -0.05) is 73.2 Å². The second-order valence-corrected chi connectivity index (χ2v) is 10.5. The second kappa shape index (κ2) is 12.0. The number of nitrogens with zero attached hydrogens (tertiary/aromatic N) is 1. The number of aliphatic hydroxyl groups is 1. The van der Waals surface area contributed by atoms with Crippen LogP contribution in [0.3, 0.4) is 0 Å². The van der Waals surface area contributed by atoms with Crippen molar-refractivity contribution >= 4 is 22.9 Å². The smallest absolute Gasteiger partial charge is 0.124 e. The molecule has 4 aromatic carbocycles. The first-order valence-corrected chi connectivity index (χ1v) is 13.6. The Kier molecular flexibility index (Phi) is 8.24. The number of benzene rings is 4. The third-order valence-electron chi connectivity index (χ3n) is 7.55. The average Bonchev–Trinajstić information content (AvgIpc) is 3.29. The minimum atomic E-state index is -0.659. The molecule has 1 heterocycles. The largest absolute Gasteiger partial charge is 0.507 e. The maximum absolute atomic E-state index is 13.3. The van der Waals surface area contributed by atoms with E-state index in [9.17, 15) is 14.6 Å². The number of phenols is 1. The van der Waals surface area contributed by atoms with Crippen molar-refractivity contribution in [2.24, 2.45) is 5.92 Å². The summed E-state index contributed by atoms with van der Waals surface area (Å²) in [7, 11) is 1.58. The van der Waals surface area contributed by atoms with Gasteiger partial charge < -0.3 is 19.8 Å². The Hall–Kier alpha value is -3.74. The molecule has 4 aromatic rings. The van der Waals surface area contributed by atoms with Crippen LogP contribution in [-0.2, 0) is 0 Å². The molecule has 0 aromatic heterocycles. The SMILES string of the molecule is COc1ccc([C@@H]2[C@@H](CCC[C@@H](O)c3ccc(F)cc3)CC(=S)N2c2ccc(-c3ccccc3)cc2)c(O)c1. The quantitative estimate of drug-likeness (QED) is 0.210. The van der Waals surface area contributed by atoms with E-state index in [-0.39, 0.29) is 23.5 Å². The highest BCUT2D eigenvalue weighted by Gasteiger charge is 2.40. The van der Waals surface area contributed by atoms with E-state index >= 15 is 0 Å². The van der Waals surface area contributed by atoms with Crippen molar-refractivity contribution in [2.75, 3.05) is 12.0 Å². The number of rotatable bonds is 9. The van der Waals surface area contributed by atoms with E-state index in [1.165, 1.54) is 12.1 Å². The molecular formula is C33H32FNO3S. The number of thiocarbonyl (C=S) groups is 1. The second-order valence-electron chi connectivity index (χ2n) is 10.0. The fraction of sp³-hybridized carbons (Fsp3) is 0.242. The number of hydrogen-bond acceptors (Lipinski definition) is 4. The number of methoxy groups -OCH3 is 1. The lowest BCUT2D eigenvalue weighted by Gasteiger charge is -2.31. The summed E-state index contributed by atoms with van der Waals surface area (Å²) in [5.41, 5.74) is 4.76. The van der Waals surface area contributed by atoms with Crippen LogP contribution in [0, 0.1) is 11.7 Å². The molecule has 0 aliphatic carbocycles. The van der Waals surface area contributed by atoms with Gasteiger partial charge in [-0.3, -0.25) is 0 Å². The van der Waals surface area contributed by atoms with Crippen LogP contribution in [0.15, 0.2) is 97.1 Å². The monoisotopic (exact) mass is 541 g/mol. The summed E-state index contributed by atoms with van der Waals surface area (Å²) in [6.07, 6.45) is 2.18. The van der Waals surface area contributed by atoms with Gasteiger partial charge in [0.05, 0.1) is 24.2 Å². The van der Waals surface area contributed by atoms with Crippen molar-refractivity contribution in [2.45, 2.75) is 37.8 Å². The fourth-order valence-electron chi connectivity index (χ4n) is 5.53. The minimum Gasteiger partial charge on any atom is -0.507 e. The van der Waals surface area contributed by atoms with E-state index in [1.54, 1.807) is 25.3 Å². The van der Waals surface area contributed by atoms with Crippen molar-refractivity contribution in [3.05, 3.63) is 114 Å². The molecule has 2 N–H and O–H groups in total. The zero-order valence-corrected chi connectivity index (χ0v) is 22.7. The fourth-order valence-corrected chi connectivity index (χ4v) is 5.96. The maximum Gasteiger partial charge on any atom is 0.124 e. The molecule has 200 valence electrons. The molecule has 6 heteroatoms. The molecule has 0 amide bonds. The lowest BCUT2D eigenvalue weighted by atomic mass is 9.87. The first kappa shape index (κ1) is 26.9. The minimum absolute atomic E-state index is 0.144. The van der Waals surface area contributed by atoms with Crippen LogP contribution in [0.4, 0.5) is 10.1 Å². The number of anilines is 1. The first-order valence-electron chi connectivity index (χ1n) is 13.2. The van der Waals surface area contributed by atoms with E-state index in [0.29, 0.717) is 24.2 Å². The van der Waals surface area contributed by atoms with Gasteiger partial charge in [0.25, 0.3) is 0 Å². The predicted molar refractivity (Wildman–Crippen MR) is 158 cm³/mol. The van der Waals surface area contributed by atoms with E-state index in [0.717, 1.165) is 40.2 Å². The van der Waals surface area contributed by atoms with E-state index < -0.39 is 6.10 Å². The van der Waals surface area contributed by atoms with Crippen molar-refractivity contribution in [1.29, 1.82) is 0 Å². The third kappa shape index (κ3) is 5.97. The third-order valence-corrected chi connectivity index (χ3v) is 7.91. The summed E-state index contributed by atoms with van der Waals surface area (Å²) in [6.45, 7) is 0. The van der Waals surface area contributed by atoms with E-state index in [2.05, 4.69) is 41.3 Å². The van der Waals surface area contributed by atoms with Gasteiger partial charge in [-0.2, -0.15) is 0 Å². The van der Waals surface area contributed by atoms with Crippen LogP contribution in [0.5, 0.6) is 11.5 Å². The zero-order valence-electron chi connectivity index (χ0n) is 21.8. The van der Waals surface area contributed by atoms with E-state index in [1.807, 2.05) is 30.3 Å². The Morgan fingerprint density at radius 1 is 0.949 bits per heavy atom. The molecule has 0 unspecified atom stereocenters. The van der Waals surface area contributed by atoms with Crippen LogP contribution >= 0.6 is 12.2 Å². The summed E-state index contributed by atoms with van der Waals surface area (Å²) in [5, 5.41) is 21.7. The Balaban J connectivity index is 1.39. The molecular weight excluding hydrogens is 509 g/mol. The summed E-state index contributed by atoms with van der Waals surface area (Å²) in [4.78, 5) is 2.99. The molecule has 39 heavy (non-hydrogen) atoms. The summed E-state index contributed by atoms with van der Waals surface area (Å²) in [6, 6.07) is 29.9. The molecule has 0 bridgehead atoms. The van der Waals surface area contributed by atoms with Crippen molar-refractivity contribution in [1.82, 2.24) is 0 Å². The van der Waals surface area contributed by atoms with Gasteiger partial charge in [-0.15, -0.1) is 0 Å². The predicted octanol–water partition coefficient (Wildman–Crippen LogP) is 8.01. The highest BCUT2D eigenvalue weighted by atomic mass is 32.1. The number of phenolic OH excluding ortho intramolecular Hbond substituents is 1. The van der Waals surface area contributed by atoms with Gasteiger partial charge in [-0.05, 0) is 71.8 Å². The molecule has 0 radical (unpaired) electrons. The highest BCUT2D eigenvalue weighted by Crippen LogP contribution is 2.47. The van der Waals surface area contributed by atoms with Crippen LogP contribution in [0.25, 0.3) is 11.1 Å². The summed E-state index contributed by atoms with van der Waals surface area (Å²) in [5.74, 6) is 0.594. The summed E-state index contributed by atoms with van der Waals surface area (Å²) >= 11 is 5.92. The van der Waals surface area contributed by atoms with Crippen LogP contribution in [0.1, 0.15) is 49.0 Å². The van der Waals surface area contributed by atoms with Crippen molar-refractivity contribution in [3.63, 3.8) is 0 Å². The lowest BCUT2D eigenvalue weighted by molar-refractivity contribution is 0.160. The van der Waals surface area contributed by atoms with E-state index in [4.69, 9.17) is 17.0 Å². The summed E-state index contributed by atoms with van der Waals surface area (Å²) < 4.78 is 18.6. The average molecular weight is 542 g/mol. The number of hydrogen-bond donors (Lipinski definition) is 2. The highest BCUT2D eigenvalue weighted by molar-refractivity contribution is 7.80. The van der Waals surface area contributed by atoms with Crippen LogP contribution in [-0.4, -0.2) is 22.3 Å². The standard InChI is InChI=1S/C33H32FNO3S/c1-38-28-18-19-29(31(37)21-28)33-25(8-5-9-30(36)24-10-14-26(34)15-11-24)20-32(39)35(33)27-16-12-23(13-17-27)22-6-3-2-4-7-22/h2-4,6-7,10-19,21,25,30,33,36-37H,5,8-9,20H2,1H3/t25-,30+,33-/m0/s1. The number of aromatic hydroxyl groups is 1. The molecule has 0 spiro atoms. The number of aliphatic hydroxyl groups excluding tert-OH is 1. The van der Waals surface area contributed by atoms with Gasteiger partial charge in [0, 0.05) is 23.7 Å². The number of ether oxygens (including phenoxy) is 1. The topological polar surface area (TPSA) is 52.9 Å². The van der Waals surface area contributed by atoms with Crippen molar-refractivity contribution in [3.8, 4) is 22.6 Å². The Labute approximate surface area is 234 Å². The van der Waals surface area contributed by atoms with Gasteiger partial charge in [0.15, 0.2) is 0 Å². The van der Waals surface area contributed by atoms with Crippen molar-refractivity contribution < 1.29 is 19.3 Å². The number of halogens is 1. The van der Waals surface area contributed by atoms with Gasteiger partial charge in [0.1, 0.15) is 17.3 Å². The molecule has 1 aliphatic rings. The molecule has 0 saturated carbocycles. The molecule has 3 atom stereocenters. The molecule has 1 aliphatic heterocycles.